The smallest absolute Gasteiger partial charge is 0.202 e. The van der Waals surface area contributed by atoms with Crippen LogP contribution in [0.1, 0.15) is 55.6 Å². The maximum atomic E-state index is 11.5. The number of rotatable bonds is 25. The molecule has 0 aliphatic rings. The molecule has 628 valence electrons. The van der Waals surface area contributed by atoms with Gasteiger partial charge in [0.1, 0.15) is 29.7 Å². The van der Waals surface area contributed by atoms with Gasteiger partial charge in [-0.15, -0.1) is 12.6 Å². The Hall–Kier alpha value is 0.849. The molecule has 0 bridgehead atoms. The maximum absolute atomic E-state index is 11.5. The zero-order valence-electron chi connectivity index (χ0n) is 67.0. The summed E-state index contributed by atoms with van der Waals surface area (Å²) < 4.78 is 113. The number of hydrogen-bond donors (Lipinski definition) is 10. The number of halogens is 1. The van der Waals surface area contributed by atoms with Crippen molar-refractivity contribution in [2.75, 3.05) is 91.8 Å². The summed E-state index contributed by atoms with van der Waals surface area (Å²) in [6, 6.07) is 71.9. The number of thioether (sulfide) groups is 2. The van der Waals surface area contributed by atoms with E-state index in [0.29, 0.717) is 18.4 Å². The number of aliphatic hydroxyl groups excluding tert-OH is 9. The fourth-order valence-corrected chi connectivity index (χ4v) is 13.8. The van der Waals surface area contributed by atoms with Crippen molar-refractivity contribution >= 4 is 137 Å². The number of sulfone groups is 5. The molecule has 0 unspecified atom stereocenters. The molecule has 0 atom stereocenters. The van der Waals surface area contributed by atoms with Gasteiger partial charge in [0.25, 0.3) is 0 Å². The predicted molar refractivity (Wildman–Crippen MR) is 464 cm³/mol. The van der Waals surface area contributed by atoms with Crippen LogP contribution in [0, 0.1) is 299 Å². The van der Waals surface area contributed by atoms with Crippen LogP contribution in [0.2, 0.25) is 0 Å². The van der Waals surface area contributed by atoms with Crippen LogP contribution < -0.4 is 9.80 Å². The zero-order chi connectivity index (χ0) is 84.2. The van der Waals surface area contributed by atoms with Crippen molar-refractivity contribution in [2.45, 2.75) is 79.1 Å². The summed E-state index contributed by atoms with van der Waals surface area (Å²) >= 11 is 10.3. The molecule has 10 rings (SSSR count). The minimum atomic E-state index is -3.59. The summed E-state index contributed by atoms with van der Waals surface area (Å²) in [5.74, 6) is -3.99. The van der Waals surface area contributed by atoms with Gasteiger partial charge in [-0.05, 0) is 184 Å². The number of aliphatic hydroxyl groups is 9. The number of nitrogens with zero attached hydrogens (tertiary/aromatic N) is 2. The van der Waals surface area contributed by atoms with Gasteiger partial charge in [0.15, 0.2) is 0 Å². The van der Waals surface area contributed by atoms with Crippen molar-refractivity contribution in [1.29, 1.82) is 0 Å². The molecular weight excluding hydrogens is 3030 g/mol. The van der Waals surface area contributed by atoms with Gasteiger partial charge in [-0.3, -0.25) is 0 Å². The van der Waals surface area contributed by atoms with E-state index in [1.54, 1.807) is 60.7 Å². The summed E-state index contributed by atoms with van der Waals surface area (Å²) in [4.78, 5) is 7.89. The van der Waals surface area contributed by atoms with Crippen LogP contribution in [-0.2, 0) is 54.5 Å². The van der Waals surface area contributed by atoms with E-state index in [4.69, 9.17) is 46.0 Å². The van der Waals surface area contributed by atoms with E-state index in [2.05, 4.69) is 35.5 Å². The summed E-state index contributed by atoms with van der Waals surface area (Å²) in [5.41, 5.74) is 12.6. The van der Waals surface area contributed by atoms with Crippen molar-refractivity contribution < 1.29 is 352 Å². The molecule has 0 fully saturated rings. The first-order valence-electron chi connectivity index (χ1n) is 34.3. The van der Waals surface area contributed by atoms with Crippen LogP contribution in [-0.4, -0.2) is 170 Å². The van der Waals surface area contributed by atoms with Gasteiger partial charge in [0, 0.05) is 323 Å². The van der Waals surface area contributed by atoms with Crippen molar-refractivity contribution in [3.05, 3.63) is 298 Å². The Morgan fingerprint density at radius 1 is 0.303 bits per heavy atom. The van der Waals surface area contributed by atoms with Crippen LogP contribution in [0.15, 0.2) is 282 Å². The number of benzene rings is 10. The molecule has 21 nitrogen and oxygen atoms in total. The molecule has 0 aliphatic carbocycles. The number of thiol groups is 1. The summed E-state index contributed by atoms with van der Waals surface area (Å²) in [6.07, 6.45) is 7.65. The van der Waals surface area contributed by atoms with E-state index in [-0.39, 0.29) is 314 Å². The minimum absolute atomic E-state index is 0. The van der Waals surface area contributed by atoms with Gasteiger partial charge in [-0.2, -0.15) is 0 Å². The fraction of sp³-hybridized carbons (Fsp3) is 0.229. The van der Waals surface area contributed by atoms with Crippen molar-refractivity contribution in [3.8, 4) is 0 Å². The third-order valence-corrected chi connectivity index (χ3v) is 24.6. The molecule has 0 aliphatic heterocycles. The molecule has 0 amide bonds. The Kier molecular flexibility index (Phi) is 73.0. The topological polar surface area (TPSA) is 359 Å². The largest absolute Gasteiger partial charge is 0.395 e. The number of hydrogen-bond acceptors (Lipinski definition) is 24. The third-order valence-electron chi connectivity index (χ3n) is 15.5. The molecule has 6 radical (unpaired) electrons. The third kappa shape index (κ3) is 51.3. The van der Waals surface area contributed by atoms with E-state index >= 15 is 0 Å². The second kappa shape index (κ2) is 68.8. The van der Waals surface area contributed by atoms with Crippen LogP contribution in [0.5, 0.6) is 0 Å². The molecule has 9 N–H and O–H groups in total. The SMILES string of the molecule is CN(CCO)c1ccc(/C=C/c2ccc(S(=O)(=O)CO)cc2)cc1.CN(CCO)c1ccc(/C=C/c2ccc(S(=O)(=O)CO)cc2)cc1.Cc1ccc(S(=O)(=O)CO)cc1.Cc1ccc(S(=O)(=O)CO)cc1.Cc1ccc(S)cc1.Cc1ccc(SCO)cc1.Cc1ccc(SCO)cc1.O=S(=O)(CO)c1ccc(CBr)cc1.[Ac].[Ac].[Ac].[Ac].[Ac].[Ac]. The summed E-state index contributed by atoms with van der Waals surface area (Å²) in [7, 11) is -13.7. The van der Waals surface area contributed by atoms with Gasteiger partial charge >= 0.3 is 0 Å². The molecule has 0 saturated heterocycles. The minimum Gasteiger partial charge on any atom is -0.395 e. The number of aryl methyl sites for hydroxylation is 5. The maximum Gasteiger partial charge on any atom is 0.202 e. The Morgan fingerprint density at radius 2 is 0.496 bits per heavy atom. The standard InChI is InChI=1S/2C18H21NO4S.C8H9BrO3S.2C8H10O3S.2C8H10OS.C7H8S.6Ac/c2*1-19(12-13-20)17-8-4-15(5-9-17)2-3-16-6-10-18(11-7-16)24(22,23)14-21;9-5-7-1-3-8(4-2-7)13(11,12)6-10;2*1-7-2-4-8(5-3-7)12(10,11)6-9;2*1-7-2-4-8(5-3-7)10-6-9;1-6-2-4-7(8)5-3-6;;;;;;/h2*2-11,20-21H,12-14H2,1H3;1-4,10H,5-6H2;2*2-5,9H,6H2,1H3;2*2-5,9H,6H2,1H3;2-5,8H,1H3;;;;;;/b2*3-2+;;;;;;;;;;;;. The Morgan fingerprint density at radius 3 is 0.689 bits per heavy atom. The molecule has 0 aromatic heterocycles. The summed E-state index contributed by atoms with van der Waals surface area (Å²) in [5, 5.41) is 79.0. The van der Waals surface area contributed by atoms with Crippen LogP contribution in [0.25, 0.3) is 24.3 Å². The van der Waals surface area contributed by atoms with Crippen LogP contribution in [0.3, 0.4) is 0 Å². The monoisotopic (exact) mass is 3120 g/mol. The normalized spacial score (nSPS) is 10.6. The van der Waals surface area contributed by atoms with Crippen LogP contribution >= 0.6 is 52.1 Å². The van der Waals surface area contributed by atoms with E-state index in [9.17, 15) is 42.1 Å². The van der Waals surface area contributed by atoms with E-state index < -0.39 is 78.9 Å². The quantitative estimate of drug-likeness (QED) is 0.00835. The second-order valence-corrected chi connectivity index (χ2v) is 37.3. The first-order valence-corrected chi connectivity index (χ1v) is 46.1. The van der Waals surface area contributed by atoms with Gasteiger partial charge in [0.05, 0.1) is 49.6 Å². The molecule has 119 heavy (non-hydrogen) atoms. The first-order chi connectivity index (χ1) is 53.6. The Labute approximate surface area is 940 Å². The van der Waals surface area contributed by atoms with E-state index in [1.165, 1.54) is 101 Å². The summed E-state index contributed by atoms with van der Waals surface area (Å²) in [6.45, 7) is 11.3. The molecule has 10 aromatic carbocycles. The van der Waals surface area contributed by atoms with Crippen molar-refractivity contribution in [2.24, 2.45) is 0 Å². The van der Waals surface area contributed by atoms with Gasteiger partial charge in [-0.1, -0.05) is 213 Å². The predicted octanol–water partition coefficient (Wildman–Crippen LogP) is 13.1. The van der Waals surface area contributed by atoms with E-state index in [0.717, 1.165) is 65.0 Å². The Bertz CT molecular complexity index is 4790. The van der Waals surface area contributed by atoms with Gasteiger partial charge in [-0.25, -0.2) is 42.1 Å². The van der Waals surface area contributed by atoms with Crippen molar-refractivity contribution in [1.82, 2.24) is 0 Å². The number of anilines is 2. The second-order valence-electron chi connectivity index (χ2n) is 24.4. The molecule has 36 heteroatoms. The van der Waals surface area contributed by atoms with E-state index in [1.807, 2.05) is 197 Å². The molecule has 0 heterocycles. The average molecular weight is 3130 g/mol. The molecule has 0 spiro atoms. The average Bonchev–Trinajstić information content (AvgIpc) is 0.848. The number of likely N-dealkylation sites (N-methyl/N-ethyl adjacent to an activating group) is 2. The van der Waals surface area contributed by atoms with Gasteiger partial charge < -0.3 is 55.8 Å². The van der Waals surface area contributed by atoms with Crippen LogP contribution in [0.4, 0.5) is 11.4 Å². The molecular formula is C83H99Ac6BrN2O19S8. The van der Waals surface area contributed by atoms with Gasteiger partial charge in [0.2, 0.25) is 49.2 Å². The fourth-order valence-electron chi connectivity index (χ4n) is 8.81. The zero-order valence-corrected chi connectivity index (χ0v) is 104. The number of alkyl halides is 1. The molecule has 10 aromatic rings. The molecule has 0 saturated carbocycles. The van der Waals surface area contributed by atoms with Crippen molar-refractivity contribution in [3.63, 3.8) is 0 Å². The Balaban J connectivity index is -0.000000649. The first kappa shape index (κ1) is 126.